The number of furan rings is 1. The summed E-state index contributed by atoms with van der Waals surface area (Å²) in [6.07, 6.45) is 0. The van der Waals surface area contributed by atoms with Gasteiger partial charge in [-0.1, -0.05) is 151 Å². The first-order chi connectivity index (χ1) is 28.9. The lowest BCUT2D eigenvalue weighted by molar-refractivity contribution is 0.669. The Morgan fingerprint density at radius 2 is 0.857 bits per heavy atom. The SMILES string of the molecule is [2H]c1c([2H])c([2H])c(-c2c([2H])c([2H])c3c(oc4c([2H])c(-c5c6ccccc6c(-c6ccc(-c7ccc8ccccc8c7)cc6)c6ccccc56)c([2H])c([2H])c43)c2[2H])c([2H])c1[2H]. The van der Waals surface area contributed by atoms with Crippen molar-refractivity contribution in [3.05, 3.63) is 182 Å². The van der Waals surface area contributed by atoms with Crippen molar-refractivity contribution in [3.63, 3.8) is 0 Å². The van der Waals surface area contributed by atoms with Crippen molar-refractivity contribution in [1.29, 1.82) is 0 Å². The summed E-state index contributed by atoms with van der Waals surface area (Å²) in [4.78, 5) is 0. The van der Waals surface area contributed by atoms with Gasteiger partial charge in [-0.2, -0.15) is 0 Å². The lowest BCUT2D eigenvalue weighted by atomic mass is 9.85. The maximum atomic E-state index is 9.63. The van der Waals surface area contributed by atoms with E-state index in [0.717, 1.165) is 49.2 Å². The zero-order valence-corrected chi connectivity index (χ0v) is 25.9. The van der Waals surface area contributed by atoms with E-state index in [2.05, 4.69) is 54.6 Å². The molecule has 0 radical (unpaired) electrons. The summed E-state index contributed by atoms with van der Waals surface area (Å²) >= 11 is 0. The Balaban J connectivity index is 1.21. The van der Waals surface area contributed by atoms with Crippen molar-refractivity contribution in [2.75, 3.05) is 0 Å². The van der Waals surface area contributed by atoms with Gasteiger partial charge in [0.05, 0.1) is 15.1 Å². The molecule has 0 aliphatic rings. The minimum Gasteiger partial charge on any atom is -0.456 e. The molecule has 0 bridgehead atoms. The summed E-state index contributed by atoms with van der Waals surface area (Å²) in [6, 6.07) is 32.8. The van der Waals surface area contributed by atoms with Gasteiger partial charge in [-0.15, -0.1) is 0 Å². The summed E-state index contributed by atoms with van der Waals surface area (Å²) in [5, 5.41) is 5.32. The lowest BCUT2D eigenvalue weighted by Crippen LogP contribution is -1.91. The summed E-state index contributed by atoms with van der Waals surface area (Å²) in [5.41, 5.74) is 3.49. The van der Waals surface area contributed by atoms with E-state index in [1.807, 2.05) is 60.7 Å². The van der Waals surface area contributed by atoms with Crippen LogP contribution in [-0.4, -0.2) is 0 Å². The minimum atomic E-state index is -0.657. The Kier molecular flexibility index (Phi) is 4.25. The molecule has 0 saturated carbocycles. The first kappa shape index (κ1) is 18.8. The fourth-order valence-electron chi connectivity index (χ4n) is 6.92. The number of fused-ring (bicyclic) bond motifs is 6. The molecule has 10 rings (SSSR count). The molecule has 9 aromatic carbocycles. The number of hydrogen-bond donors (Lipinski definition) is 0. The van der Waals surface area contributed by atoms with Crippen molar-refractivity contribution < 1.29 is 19.5 Å². The van der Waals surface area contributed by atoms with Crippen LogP contribution in [0.5, 0.6) is 0 Å². The van der Waals surface area contributed by atoms with E-state index >= 15 is 0 Å². The maximum Gasteiger partial charge on any atom is 0.136 e. The van der Waals surface area contributed by atoms with Gasteiger partial charge in [-0.05, 0) is 107 Å². The maximum absolute atomic E-state index is 9.63. The zero-order valence-electron chi connectivity index (χ0n) is 36.9. The molecule has 0 atom stereocenters. The summed E-state index contributed by atoms with van der Waals surface area (Å²) < 4.78 is 103. The van der Waals surface area contributed by atoms with Gasteiger partial charge in [0.1, 0.15) is 11.2 Å². The van der Waals surface area contributed by atoms with E-state index in [1.54, 1.807) is 0 Å². The van der Waals surface area contributed by atoms with Crippen molar-refractivity contribution >= 4 is 54.3 Å². The van der Waals surface area contributed by atoms with Crippen LogP contribution in [0.3, 0.4) is 0 Å². The van der Waals surface area contributed by atoms with Crippen LogP contribution in [0.25, 0.3) is 98.8 Å². The first-order valence-electron chi connectivity index (χ1n) is 21.4. The van der Waals surface area contributed by atoms with Crippen LogP contribution in [0.15, 0.2) is 186 Å². The molecule has 1 heteroatoms. The monoisotopic (exact) mass is 633 g/mol. The van der Waals surface area contributed by atoms with Crippen LogP contribution in [0.1, 0.15) is 15.1 Å². The van der Waals surface area contributed by atoms with Gasteiger partial charge in [-0.3, -0.25) is 0 Å². The molecule has 1 nitrogen and oxygen atoms in total. The molecule has 49 heavy (non-hydrogen) atoms. The van der Waals surface area contributed by atoms with Gasteiger partial charge in [0.15, 0.2) is 0 Å². The fourth-order valence-corrected chi connectivity index (χ4v) is 6.92. The second-order valence-electron chi connectivity index (χ2n) is 12.0. The topological polar surface area (TPSA) is 13.1 Å². The Bertz CT molecular complexity index is 3410. The highest BCUT2D eigenvalue weighted by atomic mass is 16.3. The van der Waals surface area contributed by atoms with E-state index in [9.17, 15) is 4.11 Å². The average Bonchev–Trinajstić information content (AvgIpc) is 3.69. The van der Waals surface area contributed by atoms with E-state index < -0.39 is 59.5 Å². The van der Waals surface area contributed by atoms with Gasteiger partial charge in [0.25, 0.3) is 0 Å². The van der Waals surface area contributed by atoms with Crippen LogP contribution >= 0.6 is 0 Å². The van der Waals surface area contributed by atoms with Crippen LogP contribution in [0.4, 0.5) is 0 Å². The largest absolute Gasteiger partial charge is 0.456 e. The summed E-state index contributed by atoms with van der Waals surface area (Å²) in [7, 11) is 0. The molecule has 1 heterocycles. The van der Waals surface area contributed by atoms with E-state index in [0.29, 0.717) is 5.56 Å². The van der Waals surface area contributed by atoms with Crippen molar-refractivity contribution in [2.45, 2.75) is 0 Å². The third-order valence-corrected chi connectivity index (χ3v) is 9.20. The molecule has 0 aliphatic heterocycles. The normalized spacial score (nSPS) is 14.8. The number of rotatable bonds is 4. The molecule has 0 spiro atoms. The third kappa shape index (κ3) is 4.55. The Morgan fingerprint density at radius 1 is 0.347 bits per heavy atom. The first-order valence-corrected chi connectivity index (χ1v) is 15.9. The van der Waals surface area contributed by atoms with E-state index in [-0.39, 0.29) is 45.6 Å². The highest BCUT2D eigenvalue weighted by Crippen LogP contribution is 2.45. The Hall–Kier alpha value is -6.44. The zero-order chi connectivity index (χ0) is 41.9. The molecule has 0 amide bonds. The van der Waals surface area contributed by atoms with Crippen molar-refractivity contribution in [3.8, 4) is 44.5 Å². The predicted molar refractivity (Wildman–Crippen MR) is 208 cm³/mol. The molecule has 0 fully saturated rings. The molecule has 0 unspecified atom stereocenters. The predicted octanol–water partition coefficient (Wildman–Crippen LogP) is 13.7. The second kappa shape index (κ2) is 11.1. The quantitative estimate of drug-likeness (QED) is 0.176. The molecule has 0 saturated heterocycles. The standard InChI is InChI=1S/C48H30O/c1-2-10-31(11-3-1)37-24-26-39-40-27-25-38(30-46(40)49-45(39)29-37)48-43-16-8-6-14-41(43)47(42-15-7-9-17-44(42)48)34-21-18-33(19-22-34)36-23-20-32-12-4-5-13-35(32)28-36/h1-30H/i1D,2D,3D,10D,11D,24D,25D,26D,27D,29D,30D. The van der Waals surface area contributed by atoms with Crippen LogP contribution in [0, 0.1) is 0 Å². The van der Waals surface area contributed by atoms with Crippen LogP contribution in [-0.2, 0) is 0 Å². The number of hydrogen-bond acceptors (Lipinski definition) is 1. The Labute approximate surface area is 299 Å². The van der Waals surface area contributed by atoms with Crippen molar-refractivity contribution in [1.82, 2.24) is 0 Å². The minimum absolute atomic E-state index is 0.0832. The Morgan fingerprint density at radius 3 is 1.51 bits per heavy atom. The third-order valence-electron chi connectivity index (χ3n) is 9.20. The molecular formula is C48H30O. The second-order valence-corrected chi connectivity index (χ2v) is 12.0. The van der Waals surface area contributed by atoms with E-state index in [1.165, 1.54) is 5.39 Å². The summed E-state index contributed by atoms with van der Waals surface area (Å²) in [5.74, 6) is 0. The van der Waals surface area contributed by atoms with Crippen LogP contribution < -0.4 is 0 Å². The highest BCUT2D eigenvalue weighted by Gasteiger charge is 2.18. The smallest absolute Gasteiger partial charge is 0.136 e. The van der Waals surface area contributed by atoms with Crippen molar-refractivity contribution in [2.24, 2.45) is 0 Å². The van der Waals surface area contributed by atoms with Gasteiger partial charge in [-0.25, -0.2) is 0 Å². The molecule has 228 valence electrons. The highest BCUT2D eigenvalue weighted by molar-refractivity contribution is 6.22. The fraction of sp³-hybridized carbons (Fsp3) is 0. The van der Waals surface area contributed by atoms with Gasteiger partial charge >= 0.3 is 0 Å². The average molecular weight is 634 g/mol. The lowest BCUT2D eigenvalue weighted by Gasteiger charge is -2.18. The summed E-state index contributed by atoms with van der Waals surface area (Å²) in [6.45, 7) is 0. The van der Waals surface area contributed by atoms with Gasteiger partial charge in [0.2, 0.25) is 0 Å². The van der Waals surface area contributed by atoms with Gasteiger partial charge < -0.3 is 4.42 Å². The molecule has 0 aliphatic carbocycles. The molecule has 0 N–H and O–H groups in total. The molecule has 1 aromatic heterocycles. The molecule has 10 aromatic rings. The molecular weight excluding hydrogens is 593 g/mol. The van der Waals surface area contributed by atoms with E-state index in [4.69, 9.17) is 15.4 Å². The van der Waals surface area contributed by atoms with Gasteiger partial charge in [0, 0.05) is 10.8 Å². The number of benzene rings is 9. The van der Waals surface area contributed by atoms with Crippen LogP contribution in [0.2, 0.25) is 0 Å².